The summed E-state index contributed by atoms with van der Waals surface area (Å²) in [5.41, 5.74) is 1.76. The minimum Gasteiger partial charge on any atom is -0.493 e. The van der Waals surface area contributed by atoms with Gasteiger partial charge in [0.25, 0.3) is 0 Å². The number of rotatable bonds is 2. The maximum atomic E-state index is 12.2. The van der Waals surface area contributed by atoms with Gasteiger partial charge in [-0.3, -0.25) is 4.79 Å². The van der Waals surface area contributed by atoms with Crippen LogP contribution in [0.1, 0.15) is 23.5 Å². The van der Waals surface area contributed by atoms with E-state index in [1.54, 1.807) is 13.2 Å². The topological polar surface area (TPSA) is 72.5 Å². The molecule has 0 aromatic heterocycles. The van der Waals surface area contributed by atoms with E-state index in [4.69, 9.17) is 28.4 Å². The number of benzene rings is 2. The van der Waals surface area contributed by atoms with E-state index in [1.165, 1.54) is 0 Å². The second-order valence-corrected chi connectivity index (χ2v) is 6.22. The molecule has 0 aliphatic carbocycles. The minimum atomic E-state index is -0.296. The number of carbonyl (C=O) groups excluding carboxylic acids is 1. The molecule has 0 saturated heterocycles. The summed E-state index contributed by atoms with van der Waals surface area (Å²) in [6.45, 7) is 1.11. The van der Waals surface area contributed by atoms with Crippen LogP contribution in [0.2, 0.25) is 0 Å². The summed E-state index contributed by atoms with van der Waals surface area (Å²) in [6.07, 6.45) is 0.218. The van der Waals surface area contributed by atoms with Gasteiger partial charge < -0.3 is 28.4 Å². The van der Waals surface area contributed by atoms with Gasteiger partial charge in [-0.1, -0.05) is 0 Å². The second-order valence-electron chi connectivity index (χ2n) is 6.22. The fourth-order valence-electron chi connectivity index (χ4n) is 3.53. The van der Waals surface area contributed by atoms with E-state index in [1.807, 2.05) is 18.2 Å². The molecule has 0 N–H and O–H groups in total. The Morgan fingerprint density at radius 2 is 1.73 bits per heavy atom. The lowest BCUT2D eigenvalue weighted by Gasteiger charge is -2.27. The van der Waals surface area contributed by atoms with Gasteiger partial charge in [0.15, 0.2) is 23.0 Å². The minimum absolute atomic E-state index is 0.161. The highest BCUT2D eigenvalue weighted by atomic mass is 16.7. The smallest absolute Gasteiger partial charge is 0.312 e. The molecule has 0 fully saturated rings. The molecule has 3 heterocycles. The maximum Gasteiger partial charge on any atom is 0.312 e. The fourth-order valence-corrected chi connectivity index (χ4v) is 3.53. The summed E-state index contributed by atoms with van der Waals surface area (Å²) in [5.74, 6) is 3.01. The summed E-state index contributed by atoms with van der Waals surface area (Å²) in [4.78, 5) is 12.2. The van der Waals surface area contributed by atoms with Crippen LogP contribution >= 0.6 is 0 Å². The van der Waals surface area contributed by atoms with Gasteiger partial charge in [-0.05, 0) is 23.8 Å². The zero-order valence-electron chi connectivity index (χ0n) is 14.1. The molecular weight excluding hydrogens is 340 g/mol. The number of esters is 1. The number of fused-ring (bicyclic) bond motifs is 3. The number of hydrogen-bond donors (Lipinski definition) is 0. The highest BCUT2D eigenvalue weighted by molar-refractivity contribution is 5.79. The van der Waals surface area contributed by atoms with Crippen molar-refractivity contribution in [3.8, 4) is 34.5 Å². The third-order valence-electron chi connectivity index (χ3n) is 4.73. The molecule has 5 rings (SSSR count). The molecule has 134 valence electrons. The molecule has 7 heteroatoms. The fraction of sp³-hybridized carbons (Fsp3) is 0.316. The van der Waals surface area contributed by atoms with Crippen LogP contribution in [0.25, 0.3) is 0 Å². The Bertz CT molecular complexity index is 888. The number of methoxy groups -OCH3 is 1. The first-order chi connectivity index (χ1) is 12.7. The Labute approximate surface area is 149 Å². The Balaban J connectivity index is 1.64. The summed E-state index contributed by atoms with van der Waals surface area (Å²) in [6, 6.07) is 7.36. The van der Waals surface area contributed by atoms with Gasteiger partial charge in [0.2, 0.25) is 12.5 Å². The molecule has 26 heavy (non-hydrogen) atoms. The van der Waals surface area contributed by atoms with Crippen molar-refractivity contribution < 1.29 is 33.2 Å². The monoisotopic (exact) mass is 356 g/mol. The Morgan fingerprint density at radius 3 is 2.58 bits per heavy atom. The van der Waals surface area contributed by atoms with E-state index in [-0.39, 0.29) is 25.1 Å². The van der Waals surface area contributed by atoms with Crippen molar-refractivity contribution >= 4 is 5.97 Å². The Hall–Kier alpha value is -3.09. The van der Waals surface area contributed by atoms with Gasteiger partial charge >= 0.3 is 5.97 Å². The quantitative estimate of drug-likeness (QED) is 0.605. The molecule has 7 nitrogen and oxygen atoms in total. The van der Waals surface area contributed by atoms with Crippen molar-refractivity contribution in [3.63, 3.8) is 0 Å². The van der Waals surface area contributed by atoms with Crippen molar-refractivity contribution in [1.29, 1.82) is 0 Å². The molecule has 0 spiro atoms. The highest BCUT2D eigenvalue weighted by Gasteiger charge is 2.33. The molecule has 3 aliphatic rings. The van der Waals surface area contributed by atoms with Crippen LogP contribution in [0.3, 0.4) is 0 Å². The third-order valence-corrected chi connectivity index (χ3v) is 4.73. The first-order valence-electron chi connectivity index (χ1n) is 8.34. The second kappa shape index (κ2) is 5.72. The van der Waals surface area contributed by atoms with Crippen molar-refractivity contribution in [1.82, 2.24) is 0 Å². The van der Waals surface area contributed by atoms with Crippen LogP contribution in [0.15, 0.2) is 24.3 Å². The Morgan fingerprint density at radius 1 is 0.923 bits per heavy atom. The van der Waals surface area contributed by atoms with Crippen LogP contribution in [-0.2, 0) is 4.79 Å². The van der Waals surface area contributed by atoms with Gasteiger partial charge in [0, 0.05) is 17.5 Å². The zero-order chi connectivity index (χ0) is 17.7. The summed E-state index contributed by atoms with van der Waals surface area (Å²) in [5, 5.41) is 0. The van der Waals surface area contributed by atoms with Gasteiger partial charge in [0.05, 0.1) is 13.5 Å². The van der Waals surface area contributed by atoms with Crippen molar-refractivity contribution in [3.05, 3.63) is 35.4 Å². The zero-order valence-corrected chi connectivity index (χ0v) is 14.1. The van der Waals surface area contributed by atoms with Crippen LogP contribution in [0.4, 0.5) is 0 Å². The average molecular weight is 356 g/mol. The molecule has 2 aromatic rings. The van der Waals surface area contributed by atoms with E-state index in [0.717, 1.165) is 11.1 Å². The molecule has 0 unspecified atom stereocenters. The Kier molecular flexibility index (Phi) is 3.34. The van der Waals surface area contributed by atoms with Gasteiger partial charge in [-0.15, -0.1) is 0 Å². The van der Waals surface area contributed by atoms with E-state index in [9.17, 15) is 4.79 Å². The summed E-state index contributed by atoms with van der Waals surface area (Å²) >= 11 is 0. The molecule has 1 atom stereocenters. The SMILES string of the molecule is COc1cc([C@H]2CC(=O)Oc3cc4c(cc32)OCO4)cc2c1OCCO2. The molecular formula is C19H16O7. The molecule has 0 amide bonds. The summed E-state index contributed by atoms with van der Waals surface area (Å²) < 4.78 is 33.1. The largest absolute Gasteiger partial charge is 0.493 e. The van der Waals surface area contributed by atoms with E-state index in [0.29, 0.717) is 47.7 Å². The molecule has 0 bridgehead atoms. The van der Waals surface area contributed by atoms with Crippen LogP contribution in [0.5, 0.6) is 34.5 Å². The number of hydrogen-bond acceptors (Lipinski definition) is 7. The normalized spacial score (nSPS) is 19.6. The lowest BCUT2D eigenvalue weighted by molar-refractivity contribution is -0.135. The van der Waals surface area contributed by atoms with Gasteiger partial charge in [-0.25, -0.2) is 0 Å². The summed E-state index contributed by atoms with van der Waals surface area (Å²) in [7, 11) is 1.58. The van der Waals surface area contributed by atoms with E-state index < -0.39 is 0 Å². The van der Waals surface area contributed by atoms with Crippen molar-refractivity contribution in [2.45, 2.75) is 12.3 Å². The molecule has 0 saturated carbocycles. The van der Waals surface area contributed by atoms with Gasteiger partial charge in [0.1, 0.15) is 19.0 Å². The average Bonchev–Trinajstić information content (AvgIpc) is 3.12. The van der Waals surface area contributed by atoms with Crippen LogP contribution in [-0.4, -0.2) is 33.1 Å². The first-order valence-corrected chi connectivity index (χ1v) is 8.34. The van der Waals surface area contributed by atoms with E-state index in [2.05, 4.69) is 0 Å². The van der Waals surface area contributed by atoms with Gasteiger partial charge in [-0.2, -0.15) is 0 Å². The van der Waals surface area contributed by atoms with E-state index >= 15 is 0 Å². The lowest BCUT2D eigenvalue weighted by atomic mass is 9.85. The maximum absolute atomic E-state index is 12.2. The van der Waals surface area contributed by atoms with Crippen LogP contribution < -0.4 is 28.4 Å². The molecule has 3 aliphatic heterocycles. The number of ether oxygens (including phenoxy) is 6. The first kappa shape index (κ1) is 15.2. The van der Waals surface area contributed by atoms with Crippen LogP contribution in [0, 0.1) is 0 Å². The molecule has 0 radical (unpaired) electrons. The number of carbonyl (C=O) groups is 1. The third kappa shape index (κ3) is 2.31. The lowest BCUT2D eigenvalue weighted by Crippen LogP contribution is -2.22. The van der Waals surface area contributed by atoms with Crippen molar-refractivity contribution in [2.24, 2.45) is 0 Å². The standard InChI is InChI=1S/C19H16O7/c1-21-16-4-10(5-17-19(16)23-3-2-22-17)11-7-18(20)26-13-8-15-14(6-12(11)13)24-9-25-15/h4-6,8,11H,2-3,7,9H2,1H3/t11-/m1/s1. The molecule has 2 aromatic carbocycles. The van der Waals surface area contributed by atoms with Crippen molar-refractivity contribution in [2.75, 3.05) is 27.1 Å². The predicted octanol–water partition coefficient (Wildman–Crippen LogP) is 2.64. The predicted molar refractivity (Wildman–Crippen MR) is 88.6 cm³/mol. The highest BCUT2D eigenvalue weighted by Crippen LogP contribution is 2.49.